The fourth-order valence-corrected chi connectivity index (χ4v) is 5.22. The summed E-state index contributed by atoms with van der Waals surface area (Å²) in [6.07, 6.45) is 6.39. The molecule has 5 atom stereocenters. The van der Waals surface area contributed by atoms with Gasteiger partial charge >= 0.3 is 6.09 Å². The van der Waals surface area contributed by atoms with Crippen molar-refractivity contribution in [1.29, 1.82) is 0 Å². The van der Waals surface area contributed by atoms with Gasteiger partial charge in [0.2, 0.25) is 0 Å². The molecule has 3 unspecified atom stereocenters. The third-order valence-electron chi connectivity index (χ3n) is 7.19. The molecular weight excluding hydrogens is 362 g/mol. The standard InChI is InChI=1S/C25H37NO3/c1-5-6-14-26-24(27)29-17-25-16-28-22(13-12-21-10-8-7-9-11-21)23(20(25)4)18(2)15-19(25)3/h7-11,15,19-20,22-23H,5-6,12-14,16-17H2,1-4H3,(H,26,27)/t19?,20-,22?,23?,25-/m1/s1. The molecule has 0 spiro atoms. The van der Waals surface area contributed by atoms with E-state index in [1.54, 1.807) is 0 Å². The molecule has 1 saturated heterocycles. The number of rotatable bonds is 8. The second kappa shape index (κ2) is 9.80. The van der Waals surface area contributed by atoms with Crippen LogP contribution in [0.25, 0.3) is 0 Å². The molecule has 1 heterocycles. The Morgan fingerprint density at radius 2 is 2.03 bits per heavy atom. The number of aryl methyl sites for hydroxylation is 1. The summed E-state index contributed by atoms with van der Waals surface area (Å²) in [5.74, 6) is 1.13. The molecule has 2 bridgehead atoms. The molecule has 4 heteroatoms. The first-order valence-electron chi connectivity index (χ1n) is 11.2. The van der Waals surface area contributed by atoms with Crippen LogP contribution in [0.3, 0.4) is 0 Å². The summed E-state index contributed by atoms with van der Waals surface area (Å²) in [7, 11) is 0. The monoisotopic (exact) mass is 399 g/mol. The van der Waals surface area contributed by atoms with Gasteiger partial charge in [0.1, 0.15) is 6.61 Å². The van der Waals surface area contributed by atoms with E-state index in [9.17, 15) is 4.79 Å². The maximum Gasteiger partial charge on any atom is 0.407 e. The Balaban J connectivity index is 1.65. The molecule has 0 aromatic heterocycles. The van der Waals surface area contributed by atoms with Crippen LogP contribution in [0.2, 0.25) is 0 Å². The Hall–Kier alpha value is -1.81. The van der Waals surface area contributed by atoms with E-state index in [1.807, 2.05) is 0 Å². The van der Waals surface area contributed by atoms with Crippen LogP contribution in [0.1, 0.15) is 52.5 Å². The van der Waals surface area contributed by atoms with Crippen molar-refractivity contribution in [3.05, 3.63) is 47.5 Å². The number of alkyl carbamates (subject to hydrolysis) is 1. The van der Waals surface area contributed by atoms with E-state index in [4.69, 9.17) is 9.47 Å². The van der Waals surface area contributed by atoms with Crippen molar-refractivity contribution in [2.75, 3.05) is 19.8 Å². The highest BCUT2D eigenvalue weighted by Crippen LogP contribution is 2.53. The van der Waals surface area contributed by atoms with Crippen molar-refractivity contribution in [2.45, 2.75) is 59.5 Å². The number of hydrogen-bond donors (Lipinski definition) is 1. The summed E-state index contributed by atoms with van der Waals surface area (Å²) in [6.45, 7) is 10.7. The summed E-state index contributed by atoms with van der Waals surface area (Å²) in [5, 5.41) is 2.86. The number of hydrogen-bond acceptors (Lipinski definition) is 3. The van der Waals surface area contributed by atoms with Crippen molar-refractivity contribution >= 4 is 6.09 Å². The summed E-state index contributed by atoms with van der Waals surface area (Å²) in [4.78, 5) is 12.1. The van der Waals surface area contributed by atoms with Crippen molar-refractivity contribution < 1.29 is 14.3 Å². The lowest BCUT2D eigenvalue weighted by atomic mass is 9.56. The number of amides is 1. The van der Waals surface area contributed by atoms with Gasteiger partial charge in [-0.25, -0.2) is 4.79 Å². The summed E-state index contributed by atoms with van der Waals surface area (Å²) < 4.78 is 12.1. The number of carbonyl (C=O) groups excluding carboxylic acids is 1. The topological polar surface area (TPSA) is 47.6 Å². The normalized spacial score (nSPS) is 31.1. The predicted octanol–water partition coefficient (Wildman–Crippen LogP) is 5.38. The molecule has 160 valence electrons. The Kier molecular flexibility index (Phi) is 7.39. The summed E-state index contributed by atoms with van der Waals surface area (Å²) >= 11 is 0. The predicted molar refractivity (Wildman–Crippen MR) is 117 cm³/mol. The zero-order valence-electron chi connectivity index (χ0n) is 18.4. The maximum absolute atomic E-state index is 12.1. The average molecular weight is 400 g/mol. The van der Waals surface area contributed by atoms with E-state index in [0.29, 0.717) is 37.5 Å². The first-order valence-corrected chi connectivity index (χ1v) is 11.2. The van der Waals surface area contributed by atoms with Gasteiger partial charge in [-0.15, -0.1) is 0 Å². The van der Waals surface area contributed by atoms with Crippen molar-refractivity contribution in [1.82, 2.24) is 5.32 Å². The average Bonchev–Trinajstić information content (AvgIpc) is 2.71. The molecule has 1 aliphatic carbocycles. The number of ether oxygens (including phenoxy) is 2. The first-order chi connectivity index (χ1) is 14.0. The van der Waals surface area contributed by atoms with Gasteiger partial charge in [-0.3, -0.25) is 0 Å². The fourth-order valence-electron chi connectivity index (χ4n) is 5.22. The van der Waals surface area contributed by atoms with Crippen LogP contribution in [0.5, 0.6) is 0 Å². The van der Waals surface area contributed by atoms with Crippen molar-refractivity contribution in [3.8, 4) is 0 Å². The van der Waals surface area contributed by atoms with Gasteiger partial charge in [-0.2, -0.15) is 0 Å². The minimum absolute atomic E-state index is 0.143. The van der Waals surface area contributed by atoms with Gasteiger partial charge in [-0.1, -0.05) is 69.2 Å². The highest BCUT2D eigenvalue weighted by Gasteiger charge is 2.53. The van der Waals surface area contributed by atoms with Gasteiger partial charge in [0, 0.05) is 17.9 Å². The van der Waals surface area contributed by atoms with Gasteiger partial charge < -0.3 is 14.8 Å². The second-order valence-electron chi connectivity index (χ2n) is 8.98. The van der Waals surface area contributed by atoms with Gasteiger partial charge in [0.05, 0.1) is 12.7 Å². The molecule has 1 aromatic rings. The van der Waals surface area contributed by atoms with E-state index in [2.05, 4.69) is 69.4 Å². The maximum atomic E-state index is 12.1. The Morgan fingerprint density at radius 3 is 2.76 bits per heavy atom. The SMILES string of the molecule is CCCCNC(=O)OC[C@]12COC(CCc3ccccc3)C(C(C)=CC1C)[C@H]2C. The number of nitrogens with one attached hydrogen (secondary N) is 1. The summed E-state index contributed by atoms with van der Waals surface area (Å²) in [6, 6.07) is 10.6. The number of benzene rings is 1. The van der Waals surface area contributed by atoms with E-state index < -0.39 is 0 Å². The molecule has 1 amide bonds. The molecule has 1 N–H and O–H groups in total. The third-order valence-corrected chi connectivity index (χ3v) is 7.19. The van der Waals surface area contributed by atoms with E-state index in [-0.39, 0.29) is 17.6 Å². The van der Waals surface area contributed by atoms with E-state index in [1.165, 1.54) is 11.1 Å². The Labute approximate surface area is 176 Å². The Bertz CT molecular complexity index is 701. The van der Waals surface area contributed by atoms with Crippen LogP contribution in [0.4, 0.5) is 4.79 Å². The number of unbranched alkanes of at least 4 members (excludes halogenated alkanes) is 1. The van der Waals surface area contributed by atoms with E-state index >= 15 is 0 Å². The molecule has 4 nitrogen and oxygen atoms in total. The first kappa shape index (κ1) is 21.9. The smallest absolute Gasteiger partial charge is 0.407 e. The second-order valence-corrected chi connectivity index (χ2v) is 8.98. The minimum Gasteiger partial charge on any atom is -0.449 e. The highest BCUT2D eigenvalue weighted by molar-refractivity contribution is 5.67. The summed E-state index contributed by atoms with van der Waals surface area (Å²) in [5.41, 5.74) is 2.64. The van der Waals surface area contributed by atoms with Crippen LogP contribution in [-0.2, 0) is 15.9 Å². The fraction of sp³-hybridized carbons (Fsp3) is 0.640. The van der Waals surface area contributed by atoms with Crippen LogP contribution < -0.4 is 5.32 Å². The lowest BCUT2D eigenvalue weighted by Gasteiger charge is -2.55. The quantitative estimate of drug-likeness (QED) is 0.472. The minimum atomic E-state index is -0.304. The molecule has 0 radical (unpaired) electrons. The lowest BCUT2D eigenvalue weighted by molar-refractivity contribution is -0.164. The molecule has 1 fully saturated rings. The van der Waals surface area contributed by atoms with Crippen molar-refractivity contribution in [2.24, 2.45) is 23.2 Å². The zero-order valence-corrected chi connectivity index (χ0v) is 18.4. The van der Waals surface area contributed by atoms with Crippen LogP contribution in [-0.4, -0.2) is 32.0 Å². The molecule has 1 aliphatic heterocycles. The highest BCUT2D eigenvalue weighted by atomic mass is 16.6. The third kappa shape index (κ3) is 4.85. The van der Waals surface area contributed by atoms with Gasteiger partial charge in [0.25, 0.3) is 0 Å². The molecule has 1 aromatic carbocycles. The van der Waals surface area contributed by atoms with Crippen molar-refractivity contribution in [3.63, 3.8) is 0 Å². The van der Waals surface area contributed by atoms with Crippen LogP contribution in [0, 0.1) is 23.2 Å². The molecular formula is C25H37NO3. The molecule has 3 rings (SSSR count). The molecule has 2 aliphatic rings. The van der Waals surface area contributed by atoms with Crippen LogP contribution in [0.15, 0.2) is 42.0 Å². The largest absolute Gasteiger partial charge is 0.449 e. The molecule has 29 heavy (non-hydrogen) atoms. The number of carbonyl (C=O) groups is 1. The van der Waals surface area contributed by atoms with E-state index in [0.717, 1.165) is 25.7 Å². The van der Waals surface area contributed by atoms with Gasteiger partial charge in [0.15, 0.2) is 0 Å². The lowest BCUT2D eigenvalue weighted by Crippen LogP contribution is -2.57. The number of fused-ring (bicyclic) bond motifs is 2. The molecule has 0 saturated carbocycles. The van der Waals surface area contributed by atoms with Gasteiger partial charge in [-0.05, 0) is 43.6 Å². The Morgan fingerprint density at radius 1 is 1.28 bits per heavy atom. The number of allylic oxidation sites excluding steroid dienone is 1. The van der Waals surface area contributed by atoms with Crippen LogP contribution >= 0.6 is 0 Å². The zero-order chi connectivity index (χ0) is 20.9.